The van der Waals surface area contributed by atoms with Crippen LogP contribution in [0.3, 0.4) is 0 Å². The molecule has 0 radical (unpaired) electrons. The number of allylic oxidation sites excluding steroid dienone is 1. The Labute approximate surface area is 96.0 Å². The second kappa shape index (κ2) is 2.80. The number of hydrogen-bond acceptors (Lipinski definition) is 3. The second-order valence-corrected chi connectivity index (χ2v) is 5.54. The predicted octanol–water partition coefficient (Wildman–Crippen LogP) is 1.46. The highest BCUT2D eigenvalue weighted by Gasteiger charge is 2.66. The van der Waals surface area contributed by atoms with Gasteiger partial charge in [0.2, 0.25) is 0 Å². The van der Waals surface area contributed by atoms with Crippen molar-refractivity contribution < 1.29 is 14.3 Å². The van der Waals surface area contributed by atoms with Crippen LogP contribution in [0.25, 0.3) is 0 Å². The largest absolute Gasteiger partial charge is 0.361 e. The lowest BCUT2D eigenvalue weighted by atomic mass is 9.62. The molecule has 0 aromatic heterocycles. The summed E-state index contributed by atoms with van der Waals surface area (Å²) in [5, 5.41) is 0. The Morgan fingerprint density at radius 2 is 2.33 bits per heavy atom. The number of carbonyl (C=O) groups excluding carboxylic acids is 2. The van der Waals surface area contributed by atoms with E-state index in [1.165, 1.54) is 0 Å². The van der Waals surface area contributed by atoms with Gasteiger partial charge in [-0.3, -0.25) is 9.59 Å². The van der Waals surface area contributed by atoms with Gasteiger partial charge in [-0.1, -0.05) is 22.0 Å². The van der Waals surface area contributed by atoms with Crippen LogP contribution in [0, 0.1) is 17.8 Å². The number of hydrogen-bond donors (Lipinski definition) is 0. The minimum Gasteiger partial charge on any atom is -0.361 e. The van der Waals surface area contributed by atoms with Crippen molar-refractivity contribution in [3.05, 3.63) is 10.6 Å². The van der Waals surface area contributed by atoms with Gasteiger partial charge >= 0.3 is 0 Å². The van der Waals surface area contributed by atoms with Crippen LogP contribution in [0.15, 0.2) is 10.6 Å². The van der Waals surface area contributed by atoms with Crippen LogP contribution in [-0.4, -0.2) is 23.8 Å². The lowest BCUT2D eigenvalue weighted by Gasteiger charge is -2.41. The average molecular weight is 271 g/mol. The van der Waals surface area contributed by atoms with Gasteiger partial charge in [0.15, 0.2) is 11.4 Å². The fourth-order valence-electron chi connectivity index (χ4n) is 2.88. The maximum absolute atomic E-state index is 12.1. The van der Waals surface area contributed by atoms with Crippen LogP contribution in [-0.2, 0) is 14.3 Å². The van der Waals surface area contributed by atoms with Crippen molar-refractivity contribution in [3.8, 4) is 0 Å². The SMILES string of the molecule is CC(=O)C1CC2C(Br)=CC1C(=O)C21CO1. The van der Waals surface area contributed by atoms with Crippen molar-refractivity contribution in [2.45, 2.75) is 18.9 Å². The predicted molar refractivity (Wildman–Crippen MR) is 56.5 cm³/mol. The molecule has 0 amide bonds. The van der Waals surface area contributed by atoms with Crippen molar-refractivity contribution in [2.75, 3.05) is 6.61 Å². The van der Waals surface area contributed by atoms with Crippen LogP contribution in [0.4, 0.5) is 0 Å². The molecule has 4 rings (SSSR count). The Balaban J connectivity index is 2.05. The van der Waals surface area contributed by atoms with Gasteiger partial charge in [0.25, 0.3) is 0 Å². The maximum atomic E-state index is 12.1. The monoisotopic (exact) mass is 270 g/mol. The number of halogens is 1. The molecule has 3 nitrogen and oxygen atoms in total. The normalized spacial score (nSPS) is 46.9. The maximum Gasteiger partial charge on any atom is 0.175 e. The highest BCUT2D eigenvalue weighted by molar-refractivity contribution is 9.11. The Morgan fingerprint density at radius 1 is 1.67 bits per heavy atom. The van der Waals surface area contributed by atoms with Gasteiger partial charge in [0.1, 0.15) is 5.78 Å². The van der Waals surface area contributed by atoms with E-state index >= 15 is 0 Å². The molecule has 0 aromatic carbocycles. The Bertz CT molecular complexity index is 395. The first-order valence-corrected chi connectivity index (χ1v) is 5.91. The van der Waals surface area contributed by atoms with Crippen molar-refractivity contribution in [1.29, 1.82) is 0 Å². The fraction of sp³-hybridized carbons (Fsp3) is 0.636. The first-order chi connectivity index (χ1) is 7.06. The van der Waals surface area contributed by atoms with Crippen LogP contribution in [0.5, 0.6) is 0 Å². The van der Waals surface area contributed by atoms with Crippen molar-refractivity contribution in [2.24, 2.45) is 17.8 Å². The number of Topliss-reactive ketones (excluding diaryl/α,β-unsaturated/α-hetero) is 2. The van der Waals surface area contributed by atoms with Crippen LogP contribution in [0.2, 0.25) is 0 Å². The van der Waals surface area contributed by atoms with Crippen LogP contribution in [0.1, 0.15) is 13.3 Å². The summed E-state index contributed by atoms with van der Waals surface area (Å²) in [6.45, 7) is 2.10. The smallest absolute Gasteiger partial charge is 0.175 e. The summed E-state index contributed by atoms with van der Waals surface area (Å²) in [6, 6.07) is 0. The summed E-state index contributed by atoms with van der Waals surface area (Å²) in [5.41, 5.74) is -0.565. The van der Waals surface area contributed by atoms with Crippen LogP contribution >= 0.6 is 15.9 Å². The summed E-state index contributed by atoms with van der Waals surface area (Å²) in [6.07, 6.45) is 2.65. The van der Waals surface area contributed by atoms with E-state index in [1.807, 2.05) is 6.08 Å². The molecule has 4 aliphatic rings. The first kappa shape index (κ1) is 9.73. The Morgan fingerprint density at radius 3 is 2.87 bits per heavy atom. The summed E-state index contributed by atoms with van der Waals surface area (Å²) >= 11 is 3.48. The third kappa shape index (κ3) is 1.09. The molecular weight excluding hydrogens is 260 g/mol. The van der Waals surface area contributed by atoms with Crippen molar-refractivity contribution in [1.82, 2.24) is 0 Å². The van der Waals surface area contributed by atoms with E-state index in [1.54, 1.807) is 6.92 Å². The van der Waals surface area contributed by atoms with Crippen molar-refractivity contribution in [3.63, 3.8) is 0 Å². The van der Waals surface area contributed by atoms with E-state index in [-0.39, 0.29) is 29.3 Å². The molecule has 1 saturated carbocycles. The quantitative estimate of drug-likeness (QED) is 0.678. The van der Waals surface area contributed by atoms with Crippen molar-refractivity contribution >= 4 is 27.5 Å². The van der Waals surface area contributed by atoms with Gasteiger partial charge < -0.3 is 4.74 Å². The van der Waals surface area contributed by atoms with Gasteiger partial charge in [-0.05, 0) is 17.8 Å². The first-order valence-electron chi connectivity index (χ1n) is 5.12. The second-order valence-electron chi connectivity index (χ2n) is 4.63. The number of fused-ring (bicyclic) bond motifs is 1. The molecular formula is C11H11BrO3. The Hall–Kier alpha value is -0.480. The molecule has 1 aliphatic heterocycles. The number of ketones is 2. The average Bonchev–Trinajstić information content (AvgIpc) is 2.94. The number of rotatable bonds is 1. The summed E-state index contributed by atoms with van der Waals surface area (Å²) in [5.74, 6) is -0.0841. The van der Waals surface area contributed by atoms with Gasteiger partial charge in [-0.25, -0.2) is 0 Å². The fourth-order valence-corrected chi connectivity index (χ4v) is 3.72. The molecule has 1 saturated heterocycles. The molecule has 15 heavy (non-hydrogen) atoms. The number of epoxide rings is 1. The Kier molecular flexibility index (Phi) is 1.81. The molecule has 0 N–H and O–H groups in total. The molecule has 4 atom stereocenters. The summed E-state index contributed by atoms with van der Waals surface area (Å²) in [7, 11) is 0. The summed E-state index contributed by atoms with van der Waals surface area (Å²) in [4.78, 5) is 23.5. The van der Waals surface area contributed by atoms with Gasteiger partial charge in [0.05, 0.1) is 6.61 Å². The number of ether oxygens (including phenoxy) is 1. The van der Waals surface area contributed by atoms with Crippen LogP contribution < -0.4 is 0 Å². The van der Waals surface area contributed by atoms with E-state index in [0.29, 0.717) is 6.61 Å². The molecule has 1 heterocycles. The zero-order valence-electron chi connectivity index (χ0n) is 8.33. The van der Waals surface area contributed by atoms with E-state index < -0.39 is 5.60 Å². The van der Waals surface area contributed by atoms with E-state index in [0.717, 1.165) is 10.9 Å². The van der Waals surface area contributed by atoms with E-state index in [2.05, 4.69) is 15.9 Å². The highest BCUT2D eigenvalue weighted by Crippen LogP contribution is 2.56. The lowest BCUT2D eigenvalue weighted by Crippen LogP contribution is -2.51. The molecule has 0 aromatic rings. The van der Waals surface area contributed by atoms with Gasteiger partial charge in [-0.2, -0.15) is 0 Å². The molecule has 1 spiro atoms. The van der Waals surface area contributed by atoms with E-state index in [4.69, 9.17) is 4.74 Å². The zero-order valence-corrected chi connectivity index (χ0v) is 9.91. The third-order valence-corrected chi connectivity index (χ3v) is 4.67. The molecule has 4 heteroatoms. The molecule has 80 valence electrons. The lowest BCUT2D eigenvalue weighted by molar-refractivity contribution is -0.139. The zero-order chi connectivity index (χ0) is 10.8. The summed E-state index contributed by atoms with van der Waals surface area (Å²) < 4.78 is 6.39. The molecule has 2 bridgehead atoms. The minimum atomic E-state index is -0.565. The third-order valence-electron chi connectivity index (χ3n) is 3.86. The molecule has 3 aliphatic carbocycles. The van der Waals surface area contributed by atoms with Gasteiger partial charge in [0, 0.05) is 17.8 Å². The van der Waals surface area contributed by atoms with Gasteiger partial charge in [-0.15, -0.1) is 0 Å². The minimum absolute atomic E-state index is 0.0731. The molecule has 4 unspecified atom stereocenters. The highest BCUT2D eigenvalue weighted by atomic mass is 79.9. The molecule has 2 fully saturated rings. The van der Waals surface area contributed by atoms with E-state index in [9.17, 15) is 9.59 Å². The topological polar surface area (TPSA) is 46.7 Å². The standard InChI is InChI=1S/C11H11BrO3/c1-5(13)6-2-8-9(12)3-7(6)10(14)11(8)4-15-11/h3,6-8H,2,4H2,1H3. The number of carbonyl (C=O) groups is 2.